The average Bonchev–Trinajstić information content (AvgIpc) is 2.45. The summed E-state index contributed by atoms with van der Waals surface area (Å²) in [6, 6.07) is 0.736. The molecular formula is C16H34BrN3. The number of nitrogens with zero attached hydrogens (tertiary/aromatic N) is 3. The average molecular weight is 348 g/mol. The Morgan fingerprint density at radius 3 is 1.80 bits per heavy atom. The lowest BCUT2D eigenvalue weighted by atomic mass is 10.1. The zero-order valence-electron chi connectivity index (χ0n) is 13.5. The van der Waals surface area contributed by atoms with Gasteiger partial charge in [0, 0.05) is 12.6 Å². The first-order chi connectivity index (χ1) is 9.25. The first-order valence-corrected chi connectivity index (χ1v) is 8.37. The van der Waals surface area contributed by atoms with E-state index in [1.54, 1.807) is 0 Å². The minimum absolute atomic E-state index is 0. The minimum Gasteiger partial charge on any atom is -0.305 e. The van der Waals surface area contributed by atoms with Gasteiger partial charge in [0.2, 0.25) is 0 Å². The van der Waals surface area contributed by atoms with E-state index in [4.69, 9.17) is 0 Å². The highest BCUT2D eigenvalue weighted by atomic mass is 79.9. The Morgan fingerprint density at radius 1 is 0.800 bits per heavy atom. The van der Waals surface area contributed by atoms with E-state index in [1.165, 1.54) is 84.2 Å². The lowest BCUT2D eigenvalue weighted by molar-refractivity contribution is 0.137. The first-order valence-electron chi connectivity index (χ1n) is 8.37. The van der Waals surface area contributed by atoms with E-state index >= 15 is 0 Å². The van der Waals surface area contributed by atoms with E-state index in [2.05, 4.69) is 28.8 Å². The van der Waals surface area contributed by atoms with Crippen molar-refractivity contribution < 1.29 is 0 Å². The zero-order valence-corrected chi connectivity index (χ0v) is 15.2. The normalized spacial score (nSPS) is 23.6. The third-order valence-corrected chi connectivity index (χ3v) is 4.88. The van der Waals surface area contributed by atoms with E-state index < -0.39 is 0 Å². The number of piperidine rings is 2. The third-order valence-electron chi connectivity index (χ3n) is 4.88. The maximum absolute atomic E-state index is 2.68. The Labute approximate surface area is 136 Å². The van der Waals surface area contributed by atoms with Crippen LogP contribution in [0.2, 0.25) is 0 Å². The fourth-order valence-electron chi connectivity index (χ4n) is 3.47. The fourth-order valence-corrected chi connectivity index (χ4v) is 3.47. The molecule has 3 nitrogen and oxygen atoms in total. The van der Waals surface area contributed by atoms with Gasteiger partial charge < -0.3 is 14.7 Å². The minimum atomic E-state index is 0. The number of halogens is 1. The molecule has 2 rings (SSSR count). The van der Waals surface area contributed by atoms with E-state index in [0.717, 1.165) is 6.04 Å². The molecule has 1 unspecified atom stereocenters. The van der Waals surface area contributed by atoms with Gasteiger partial charge in [-0.15, -0.1) is 17.0 Å². The third kappa shape index (κ3) is 6.42. The molecule has 0 aromatic rings. The lowest BCUT2D eigenvalue weighted by Gasteiger charge is -2.35. The van der Waals surface area contributed by atoms with E-state index in [1.807, 2.05) is 0 Å². The highest BCUT2D eigenvalue weighted by molar-refractivity contribution is 8.93. The molecule has 0 amide bonds. The summed E-state index contributed by atoms with van der Waals surface area (Å²) in [6.07, 6.45) is 9.87. The van der Waals surface area contributed by atoms with Crippen LogP contribution in [0.25, 0.3) is 0 Å². The van der Waals surface area contributed by atoms with Crippen LogP contribution in [-0.4, -0.2) is 74.1 Å². The van der Waals surface area contributed by atoms with Crippen LogP contribution in [0.5, 0.6) is 0 Å². The second-order valence-electron chi connectivity index (χ2n) is 6.67. The summed E-state index contributed by atoms with van der Waals surface area (Å²) in [7, 11) is 4.51. The van der Waals surface area contributed by atoms with Crippen LogP contribution in [0.1, 0.15) is 44.9 Å². The molecule has 4 heteroatoms. The van der Waals surface area contributed by atoms with Gasteiger partial charge in [-0.1, -0.05) is 12.8 Å². The number of rotatable bonds is 6. The number of hydrogen-bond acceptors (Lipinski definition) is 3. The second-order valence-corrected chi connectivity index (χ2v) is 6.67. The topological polar surface area (TPSA) is 9.72 Å². The van der Waals surface area contributed by atoms with E-state index in [-0.39, 0.29) is 17.0 Å². The van der Waals surface area contributed by atoms with Gasteiger partial charge in [-0.2, -0.15) is 0 Å². The molecule has 120 valence electrons. The van der Waals surface area contributed by atoms with Gasteiger partial charge in [-0.05, 0) is 78.9 Å². The van der Waals surface area contributed by atoms with Crippen LogP contribution in [0.15, 0.2) is 0 Å². The molecule has 20 heavy (non-hydrogen) atoms. The van der Waals surface area contributed by atoms with Crippen molar-refractivity contribution in [2.45, 2.75) is 51.0 Å². The quantitative estimate of drug-likeness (QED) is 0.731. The molecule has 2 aliphatic heterocycles. The summed E-state index contributed by atoms with van der Waals surface area (Å²) in [4.78, 5) is 7.80. The molecule has 0 saturated carbocycles. The van der Waals surface area contributed by atoms with Gasteiger partial charge in [-0.3, -0.25) is 0 Å². The monoisotopic (exact) mass is 347 g/mol. The summed E-state index contributed by atoms with van der Waals surface area (Å²) in [6.45, 7) is 7.91. The van der Waals surface area contributed by atoms with Crippen molar-refractivity contribution >= 4 is 17.0 Å². The number of likely N-dealkylation sites (tertiary alicyclic amines) is 2. The largest absolute Gasteiger partial charge is 0.305 e. The molecule has 1 atom stereocenters. The van der Waals surface area contributed by atoms with Crippen molar-refractivity contribution in [3.8, 4) is 0 Å². The summed E-state index contributed by atoms with van der Waals surface area (Å²) >= 11 is 0. The predicted octanol–water partition coefficient (Wildman–Crippen LogP) is 2.86. The molecule has 0 aromatic carbocycles. The molecule has 0 bridgehead atoms. The van der Waals surface area contributed by atoms with Gasteiger partial charge >= 0.3 is 0 Å². The van der Waals surface area contributed by atoms with Crippen LogP contribution < -0.4 is 0 Å². The summed E-state index contributed by atoms with van der Waals surface area (Å²) < 4.78 is 0. The highest BCUT2D eigenvalue weighted by Gasteiger charge is 2.19. The van der Waals surface area contributed by atoms with Crippen molar-refractivity contribution in [2.24, 2.45) is 0 Å². The van der Waals surface area contributed by atoms with E-state index in [9.17, 15) is 0 Å². The van der Waals surface area contributed by atoms with Crippen molar-refractivity contribution in [3.05, 3.63) is 0 Å². The Bertz CT molecular complexity index is 236. The van der Waals surface area contributed by atoms with Gasteiger partial charge in [-0.25, -0.2) is 0 Å². The van der Waals surface area contributed by atoms with Crippen molar-refractivity contribution in [2.75, 3.05) is 53.4 Å². The molecule has 0 aliphatic carbocycles. The SMILES string of the molecule is Br.CN(C)C(CCN1CCCCC1)CN1CCCCC1. The molecule has 2 aliphatic rings. The Balaban J connectivity index is 0.00000200. The molecule has 2 fully saturated rings. The summed E-state index contributed by atoms with van der Waals surface area (Å²) in [5.41, 5.74) is 0. The van der Waals surface area contributed by atoms with Gasteiger partial charge in [0.15, 0.2) is 0 Å². The standard InChI is InChI=1S/C16H33N3.BrH/c1-17(2)16(15-19-12-7-4-8-13-19)9-14-18-10-5-3-6-11-18;/h16H,3-15H2,1-2H3;1H. The summed E-state index contributed by atoms with van der Waals surface area (Å²) in [5.74, 6) is 0. The molecular weight excluding hydrogens is 314 g/mol. The molecule has 0 aromatic heterocycles. The summed E-state index contributed by atoms with van der Waals surface area (Å²) in [5, 5.41) is 0. The van der Waals surface area contributed by atoms with Crippen LogP contribution in [0.3, 0.4) is 0 Å². The number of hydrogen-bond donors (Lipinski definition) is 0. The van der Waals surface area contributed by atoms with E-state index in [0.29, 0.717) is 0 Å². The second kappa shape index (κ2) is 10.1. The van der Waals surface area contributed by atoms with Crippen LogP contribution in [0.4, 0.5) is 0 Å². The Hall–Kier alpha value is 0.360. The maximum atomic E-state index is 2.68. The number of likely N-dealkylation sites (N-methyl/N-ethyl adjacent to an activating group) is 1. The first kappa shape index (κ1) is 18.4. The van der Waals surface area contributed by atoms with Crippen LogP contribution >= 0.6 is 17.0 Å². The van der Waals surface area contributed by atoms with Gasteiger partial charge in [0.1, 0.15) is 0 Å². The van der Waals surface area contributed by atoms with Crippen LogP contribution in [-0.2, 0) is 0 Å². The highest BCUT2D eigenvalue weighted by Crippen LogP contribution is 2.14. The van der Waals surface area contributed by atoms with Crippen molar-refractivity contribution in [1.82, 2.24) is 14.7 Å². The molecule has 0 N–H and O–H groups in total. The maximum Gasteiger partial charge on any atom is 0.0229 e. The Kier molecular flexibility index (Phi) is 9.34. The van der Waals surface area contributed by atoms with Gasteiger partial charge in [0.05, 0.1) is 0 Å². The van der Waals surface area contributed by atoms with Crippen molar-refractivity contribution in [3.63, 3.8) is 0 Å². The zero-order chi connectivity index (χ0) is 13.5. The predicted molar refractivity (Wildman–Crippen MR) is 93.0 cm³/mol. The molecule has 2 heterocycles. The van der Waals surface area contributed by atoms with Crippen molar-refractivity contribution in [1.29, 1.82) is 0 Å². The fraction of sp³-hybridized carbons (Fsp3) is 1.00. The lowest BCUT2D eigenvalue weighted by Crippen LogP contribution is -2.44. The Morgan fingerprint density at radius 2 is 1.30 bits per heavy atom. The van der Waals surface area contributed by atoms with Crippen LogP contribution in [0, 0.1) is 0 Å². The molecule has 0 radical (unpaired) electrons. The van der Waals surface area contributed by atoms with Gasteiger partial charge in [0.25, 0.3) is 0 Å². The molecule has 0 spiro atoms. The molecule has 2 saturated heterocycles. The smallest absolute Gasteiger partial charge is 0.0229 e.